The second-order valence-electron chi connectivity index (χ2n) is 5.56. The number of piperidine rings is 1. The largest absolute Gasteiger partial charge is 0.497 e. The number of rotatable bonds is 9. The fourth-order valence-electron chi connectivity index (χ4n) is 2.60. The second-order valence-corrected chi connectivity index (χ2v) is 5.56. The van der Waals surface area contributed by atoms with Gasteiger partial charge in [-0.05, 0) is 76.0 Å². The first-order valence-electron chi connectivity index (χ1n) is 8.09. The Morgan fingerprint density at radius 1 is 1.05 bits per heavy atom. The smallest absolute Gasteiger partial charge is 0.119 e. The summed E-state index contributed by atoms with van der Waals surface area (Å²) in [5, 5.41) is 7.04. The topological polar surface area (TPSA) is 42.5 Å². The molecule has 1 aliphatic rings. The van der Waals surface area contributed by atoms with E-state index in [2.05, 4.69) is 10.6 Å². The minimum absolute atomic E-state index is 0.724. The van der Waals surface area contributed by atoms with E-state index >= 15 is 0 Å². The minimum atomic E-state index is 0.724. The summed E-state index contributed by atoms with van der Waals surface area (Å²) >= 11 is 0. The van der Waals surface area contributed by atoms with E-state index in [1.165, 1.54) is 25.7 Å². The molecule has 2 rings (SSSR count). The second kappa shape index (κ2) is 9.64. The molecule has 0 bridgehead atoms. The van der Waals surface area contributed by atoms with Crippen molar-refractivity contribution in [2.45, 2.75) is 38.1 Å². The Balaban J connectivity index is 1.46. The van der Waals surface area contributed by atoms with Crippen LogP contribution in [-0.2, 0) is 0 Å². The maximum Gasteiger partial charge on any atom is 0.119 e. The number of hydrogen-bond acceptors (Lipinski definition) is 4. The van der Waals surface area contributed by atoms with E-state index in [0.717, 1.165) is 50.2 Å². The summed E-state index contributed by atoms with van der Waals surface area (Å²) in [5.74, 6) is 1.79. The van der Waals surface area contributed by atoms with Gasteiger partial charge in [-0.1, -0.05) is 0 Å². The average molecular weight is 292 g/mol. The molecule has 1 aromatic rings. The van der Waals surface area contributed by atoms with Gasteiger partial charge in [0.25, 0.3) is 0 Å². The van der Waals surface area contributed by atoms with Crippen molar-refractivity contribution in [1.29, 1.82) is 0 Å². The highest BCUT2D eigenvalue weighted by molar-refractivity contribution is 5.31. The molecule has 21 heavy (non-hydrogen) atoms. The van der Waals surface area contributed by atoms with Crippen LogP contribution >= 0.6 is 0 Å². The Hall–Kier alpha value is -1.26. The number of nitrogens with one attached hydrogen (secondary N) is 2. The highest BCUT2D eigenvalue weighted by Crippen LogP contribution is 2.17. The van der Waals surface area contributed by atoms with Crippen molar-refractivity contribution < 1.29 is 9.47 Å². The molecule has 4 heteroatoms. The van der Waals surface area contributed by atoms with Crippen LogP contribution in [0.3, 0.4) is 0 Å². The fraction of sp³-hybridized carbons (Fsp3) is 0.647. The molecule has 1 heterocycles. The van der Waals surface area contributed by atoms with E-state index in [4.69, 9.17) is 9.47 Å². The lowest BCUT2D eigenvalue weighted by Gasteiger charge is -2.23. The standard InChI is InChI=1S/C17H28N2O2/c1-20-16-5-7-17(8-6-16)21-14-4-2-3-11-19-15-9-12-18-13-10-15/h5-8,15,18-19H,2-4,9-14H2,1H3. The molecule has 0 unspecified atom stereocenters. The number of methoxy groups -OCH3 is 1. The van der Waals surface area contributed by atoms with Gasteiger partial charge in [0.1, 0.15) is 11.5 Å². The van der Waals surface area contributed by atoms with Crippen molar-refractivity contribution in [2.24, 2.45) is 0 Å². The molecule has 1 fully saturated rings. The molecule has 0 saturated carbocycles. The van der Waals surface area contributed by atoms with Gasteiger partial charge in [-0.25, -0.2) is 0 Å². The minimum Gasteiger partial charge on any atom is -0.497 e. The highest BCUT2D eigenvalue weighted by Gasteiger charge is 2.10. The zero-order valence-corrected chi connectivity index (χ0v) is 13.1. The molecule has 1 saturated heterocycles. The van der Waals surface area contributed by atoms with Gasteiger partial charge < -0.3 is 20.1 Å². The van der Waals surface area contributed by atoms with Crippen LogP contribution in [0.15, 0.2) is 24.3 Å². The van der Waals surface area contributed by atoms with Gasteiger partial charge in [0.15, 0.2) is 0 Å². The van der Waals surface area contributed by atoms with Crippen molar-refractivity contribution in [3.63, 3.8) is 0 Å². The van der Waals surface area contributed by atoms with Crippen LogP contribution in [-0.4, -0.2) is 39.4 Å². The van der Waals surface area contributed by atoms with Crippen LogP contribution in [0.1, 0.15) is 32.1 Å². The normalized spacial score (nSPS) is 15.9. The Morgan fingerprint density at radius 2 is 1.76 bits per heavy atom. The first kappa shape index (κ1) is 16.1. The van der Waals surface area contributed by atoms with Gasteiger partial charge in [-0.3, -0.25) is 0 Å². The van der Waals surface area contributed by atoms with E-state index < -0.39 is 0 Å². The lowest BCUT2D eigenvalue weighted by Crippen LogP contribution is -2.40. The molecule has 2 N–H and O–H groups in total. The van der Waals surface area contributed by atoms with Crippen molar-refractivity contribution in [2.75, 3.05) is 33.4 Å². The van der Waals surface area contributed by atoms with E-state index in [9.17, 15) is 0 Å². The molecule has 0 amide bonds. The Kier molecular flexibility index (Phi) is 7.39. The molecule has 0 aliphatic carbocycles. The van der Waals surface area contributed by atoms with Crippen molar-refractivity contribution in [1.82, 2.24) is 10.6 Å². The highest BCUT2D eigenvalue weighted by atomic mass is 16.5. The van der Waals surface area contributed by atoms with Crippen LogP contribution in [0.4, 0.5) is 0 Å². The maximum atomic E-state index is 5.72. The zero-order chi connectivity index (χ0) is 14.8. The maximum absolute atomic E-state index is 5.72. The predicted octanol–water partition coefficient (Wildman–Crippen LogP) is 2.59. The molecule has 1 aromatic carbocycles. The quantitative estimate of drug-likeness (QED) is 0.687. The van der Waals surface area contributed by atoms with Crippen LogP contribution in [0.25, 0.3) is 0 Å². The van der Waals surface area contributed by atoms with Crippen molar-refractivity contribution in [3.8, 4) is 11.5 Å². The predicted molar refractivity (Wildman–Crippen MR) is 86.2 cm³/mol. The summed E-state index contributed by atoms with van der Waals surface area (Å²) in [6, 6.07) is 8.49. The molecule has 0 spiro atoms. The van der Waals surface area contributed by atoms with Crippen LogP contribution in [0, 0.1) is 0 Å². The van der Waals surface area contributed by atoms with Gasteiger partial charge >= 0.3 is 0 Å². The van der Waals surface area contributed by atoms with Gasteiger partial charge in [0.05, 0.1) is 13.7 Å². The first-order chi connectivity index (χ1) is 10.4. The summed E-state index contributed by atoms with van der Waals surface area (Å²) in [7, 11) is 1.67. The third-order valence-electron chi connectivity index (χ3n) is 3.92. The van der Waals surface area contributed by atoms with Crippen LogP contribution in [0.5, 0.6) is 11.5 Å². The van der Waals surface area contributed by atoms with Crippen LogP contribution < -0.4 is 20.1 Å². The molecule has 0 aromatic heterocycles. The SMILES string of the molecule is COc1ccc(OCCCCCNC2CCNCC2)cc1. The zero-order valence-electron chi connectivity index (χ0n) is 13.1. The van der Waals surface area contributed by atoms with Gasteiger partial charge in [0, 0.05) is 6.04 Å². The third kappa shape index (κ3) is 6.36. The monoisotopic (exact) mass is 292 g/mol. The van der Waals surface area contributed by atoms with Crippen LogP contribution in [0.2, 0.25) is 0 Å². The van der Waals surface area contributed by atoms with E-state index in [0.29, 0.717) is 0 Å². The summed E-state index contributed by atoms with van der Waals surface area (Å²) in [4.78, 5) is 0. The third-order valence-corrected chi connectivity index (χ3v) is 3.92. The van der Waals surface area contributed by atoms with Gasteiger partial charge in [-0.15, -0.1) is 0 Å². The molecule has 0 atom stereocenters. The summed E-state index contributed by atoms with van der Waals surface area (Å²) < 4.78 is 10.8. The number of benzene rings is 1. The number of hydrogen-bond donors (Lipinski definition) is 2. The molecule has 1 aliphatic heterocycles. The van der Waals surface area contributed by atoms with Gasteiger partial charge in [0.2, 0.25) is 0 Å². The first-order valence-corrected chi connectivity index (χ1v) is 8.09. The average Bonchev–Trinajstić information content (AvgIpc) is 2.55. The molecular weight excluding hydrogens is 264 g/mol. The molecule has 4 nitrogen and oxygen atoms in total. The Morgan fingerprint density at radius 3 is 2.48 bits per heavy atom. The fourth-order valence-corrected chi connectivity index (χ4v) is 2.60. The van der Waals surface area contributed by atoms with Gasteiger partial charge in [-0.2, -0.15) is 0 Å². The van der Waals surface area contributed by atoms with E-state index in [-0.39, 0.29) is 0 Å². The summed E-state index contributed by atoms with van der Waals surface area (Å²) in [5.41, 5.74) is 0. The number of ether oxygens (including phenoxy) is 2. The lowest BCUT2D eigenvalue weighted by atomic mass is 10.1. The lowest BCUT2D eigenvalue weighted by molar-refractivity contribution is 0.302. The molecular formula is C17H28N2O2. The molecule has 118 valence electrons. The van der Waals surface area contributed by atoms with E-state index in [1.807, 2.05) is 24.3 Å². The summed E-state index contributed by atoms with van der Waals surface area (Å²) in [6.07, 6.45) is 6.09. The Labute approximate surface area is 128 Å². The van der Waals surface area contributed by atoms with E-state index in [1.54, 1.807) is 7.11 Å². The Bertz CT molecular complexity index is 375. The summed E-state index contributed by atoms with van der Waals surface area (Å²) in [6.45, 7) is 4.24. The molecule has 0 radical (unpaired) electrons. The van der Waals surface area contributed by atoms with Crippen molar-refractivity contribution >= 4 is 0 Å². The number of unbranched alkanes of at least 4 members (excludes halogenated alkanes) is 2. The van der Waals surface area contributed by atoms with Crippen molar-refractivity contribution in [3.05, 3.63) is 24.3 Å².